The second kappa shape index (κ2) is 5.12. The van der Waals surface area contributed by atoms with Gasteiger partial charge in [0.25, 0.3) is 0 Å². The molecule has 0 fully saturated rings. The van der Waals surface area contributed by atoms with Crippen LogP contribution in [0.4, 0.5) is 0 Å². The maximum Gasteiger partial charge on any atom is 0.122 e. The summed E-state index contributed by atoms with van der Waals surface area (Å²) < 4.78 is 5.56. The maximum atomic E-state index is 5.56. The highest BCUT2D eigenvalue weighted by molar-refractivity contribution is 9.09. The Morgan fingerprint density at radius 3 is 2.69 bits per heavy atom. The van der Waals surface area contributed by atoms with Crippen molar-refractivity contribution in [3.8, 4) is 11.4 Å². The molecule has 0 unspecified atom stereocenters. The molecule has 1 heterocycles. The second-order valence-corrected chi connectivity index (χ2v) is 4.10. The largest absolute Gasteiger partial charge is 0.492 e. The van der Waals surface area contributed by atoms with Gasteiger partial charge in [0.15, 0.2) is 0 Å². The minimum absolute atomic E-state index is 0.667. The van der Waals surface area contributed by atoms with Crippen LogP contribution in [0, 0.1) is 6.92 Å². The van der Waals surface area contributed by atoms with Crippen molar-refractivity contribution >= 4 is 15.9 Å². The highest BCUT2D eigenvalue weighted by Gasteiger charge is 2.03. The number of nitrogens with zero attached hydrogens (tertiary/aromatic N) is 3. The minimum Gasteiger partial charge on any atom is -0.492 e. The van der Waals surface area contributed by atoms with Gasteiger partial charge in [0.1, 0.15) is 5.75 Å². The SMILES string of the molecule is Cc1cc(-n2nccn2)ccc1OCCBr. The number of hydrogen-bond donors (Lipinski definition) is 0. The van der Waals surface area contributed by atoms with Gasteiger partial charge in [0.2, 0.25) is 0 Å². The van der Waals surface area contributed by atoms with Crippen LogP contribution in [0.15, 0.2) is 30.6 Å². The van der Waals surface area contributed by atoms with Gasteiger partial charge in [-0.05, 0) is 30.7 Å². The van der Waals surface area contributed by atoms with E-state index in [2.05, 4.69) is 26.1 Å². The highest BCUT2D eigenvalue weighted by atomic mass is 79.9. The minimum atomic E-state index is 0.667. The van der Waals surface area contributed by atoms with Gasteiger partial charge < -0.3 is 4.74 Å². The summed E-state index contributed by atoms with van der Waals surface area (Å²) in [6, 6.07) is 5.89. The lowest BCUT2D eigenvalue weighted by atomic mass is 10.2. The van der Waals surface area contributed by atoms with Crippen LogP contribution < -0.4 is 4.74 Å². The summed E-state index contributed by atoms with van der Waals surface area (Å²) in [7, 11) is 0. The predicted octanol–water partition coefficient (Wildman–Crippen LogP) is 2.35. The first-order chi connectivity index (χ1) is 7.81. The lowest BCUT2D eigenvalue weighted by Crippen LogP contribution is -2.02. The fourth-order valence-electron chi connectivity index (χ4n) is 1.42. The smallest absolute Gasteiger partial charge is 0.122 e. The molecule has 0 aliphatic carbocycles. The number of halogens is 1. The molecule has 1 aromatic carbocycles. The first kappa shape index (κ1) is 11.1. The van der Waals surface area contributed by atoms with Crippen molar-refractivity contribution < 1.29 is 4.74 Å². The number of rotatable bonds is 4. The molecule has 0 atom stereocenters. The molecule has 1 aromatic heterocycles. The van der Waals surface area contributed by atoms with Crippen molar-refractivity contribution in [3.63, 3.8) is 0 Å². The lowest BCUT2D eigenvalue weighted by molar-refractivity contribution is 0.342. The predicted molar refractivity (Wildman–Crippen MR) is 65.4 cm³/mol. The third-order valence-electron chi connectivity index (χ3n) is 2.14. The number of aromatic nitrogens is 3. The highest BCUT2D eigenvalue weighted by Crippen LogP contribution is 2.20. The zero-order chi connectivity index (χ0) is 11.4. The Hall–Kier alpha value is -1.36. The molecule has 84 valence electrons. The van der Waals surface area contributed by atoms with Gasteiger partial charge >= 0.3 is 0 Å². The standard InChI is InChI=1S/C11H12BrN3O/c1-9-8-10(15-13-5-6-14-15)2-3-11(9)16-7-4-12/h2-3,5-6,8H,4,7H2,1H3. The average molecular weight is 282 g/mol. The fraction of sp³-hybridized carbons (Fsp3) is 0.273. The normalized spacial score (nSPS) is 10.4. The third-order valence-corrected chi connectivity index (χ3v) is 2.47. The molecule has 0 saturated carbocycles. The monoisotopic (exact) mass is 281 g/mol. The Labute approximate surface area is 102 Å². The van der Waals surface area contributed by atoms with Crippen molar-refractivity contribution in [1.82, 2.24) is 15.0 Å². The summed E-state index contributed by atoms with van der Waals surface area (Å²) in [5.74, 6) is 0.898. The third kappa shape index (κ3) is 2.41. The van der Waals surface area contributed by atoms with Gasteiger partial charge in [-0.1, -0.05) is 15.9 Å². The Kier molecular flexibility index (Phi) is 3.56. The van der Waals surface area contributed by atoms with Crippen molar-refractivity contribution in [2.75, 3.05) is 11.9 Å². The Balaban J connectivity index is 2.23. The van der Waals surface area contributed by atoms with Gasteiger partial charge in [-0.15, -0.1) is 0 Å². The second-order valence-electron chi connectivity index (χ2n) is 3.31. The molecule has 0 aliphatic rings. The van der Waals surface area contributed by atoms with Crippen LogP contribution in [0.2, 0.25) is 0 Å². The summed E-state index contributed by atoms with van der Waals surface area (Å²) in [5, 5.41) is 8.98. The molecule has 5 heteroatoms. The van der Waals surface area contributed by atoms with E-state index < -0.39 is 0 Å². The van der Waals surface area contributed by atoms with Gasteiger partial charge in [-0.2, -0.15) is 15.0 Å². The topological polar surface area (TPSA) is 39.9 Å². The zero-order valence-electron chi connectivity index (χ0n) is 8.93. The Morgan fingerprint density at radius 2 is 2.06 bits per heavy atom. The van der Waals surface area contributed by atoms with Crippen LogP contribution in [0.1, 0.15) is 5.56 Å². The van der Waals surface area contributed by atoms with Crippen LogP contribution in [0.25, 0.3) is 5.69 Å². The number of benzene rings is 1. The van der Waals surface area contributed by atoms with E-state index >= 15 is 0 Å². The summed E-state index contributed by atoms with van der Waals surface area (Å²) >= 11 is 3.33. The van der Waals surface area contributed by atoms with E-state index in [1.165, 1.54) is 0 Å². The van der Waals surface area contributed by atoms with Crippen LogP contribution in [-0.4, -0.2) is 26.9 Å². The molecule has 0 aliphatic heterocycles. The van der Waals surface area contributed by atoms with Crippen molar-refractivity contribution in [2.24, 2.45) is 0 Å². The number of aryl methyl sites for hydroxylation is 1. The number of hydrogen-bond acceptors (Lipinski definition) is 3. The molecule has 2 rings (SSSR count). The maximum absolute atomic E-state index is 5.56. The molecule has 0 saturated heterocycles. The molecular weight excluding hydrogens is 270 g/mol. The van der Waals surface area contributed by atoms with E-state index in [0.29, 0.717) is 6.61 Å². The van der Waals surface area contributed by atoms with E-state index in [1.807, 2.05) is 25.1 Å². The quantitative estimate of drug-likeness (QED) is 0.808. The van der Waals surface area contributed by atoms with Crippen LogP contribution in [0.3, 0.4) is 0 Å². The van der Waals surface area contributed by atoms with E-state index in [9.17, 15) is 0 Å². The van der Waals surface area contributed by atoms with E-state index in [0.717, 1.165) is 22.3 Å². The van der Waals surface area contributed by atoms with E-state index in [4.69, 9.17) is 4.74 Å². The zero-order valence-corrected chi connectivity index (χ0v) is 10.5. The van der Waals surface area contributed by atoms with Crippen LogP contribution in [0.5, 0.6) is 5.75 Å². The van der Waals surface area contributed by atoms with Gasteiger partial charge in [-0.25, -0.2) is 0 Å². The molecule has 0 spiro atoms. The fourth-order valence-corrected chi connectivity index (χ4v) is 1.58. The van der Waals surface area contributed by atoms with E-state index in [1.54, 1.807) is 17.2 Å². The summed E-state index contributed by atoms with van der Waals surface area (Å²) in [6.45, 7) is 2.68. The Bertz CT molecular complexity index is 456. The lowest BCUT2D eigenvalue weighted by Gasteiger charge is -2.08. The van der Waals surface area contributed by atoms with Gasteiger partial charge in [0.05, 0.1) is 24.7 Å². The number of ether oxygens (including phenoxy) is 1. The Morgan fingerprint density at radius 1 is 1.31 bits per heavy atom. The van der Waals surface area contributed by atoms with Crippen molar-refractivity contribution in [3.05, 3.63) is 36.2 Å². The molecule has 16 heavy (non-hydrogen) atoms. The van der Waals surface area contributed by atoms with Crippen molar-refractivity contribution in [1.29, 1.82) is 0 Å². The molecule has 0 bridgehead atoms. The molecule has 0 N–H and O–H groups in total. The summed E-state index contributed by atoms with van der Waals surface area (Å²) in [4.78, 5) is 1.58. The molecule has 0 radical (unpaired) electrons. The summed E-state index contributed by atoms with van der Waals surface area (Å²) in [5.41, 5.74) is 2.02. The van der Waals surface area contributed by atoms with E-state index in [-0.39, 0.29) is 0 Å². The molecule has 2 aromatic rings. The first-order valence-corrected chi connectivity index (χ1v) is 6.09. The molecule has 0 amide bonds. The summed E-state index contributed by atoms with van der Waals surface area (Å²) in [6.07, 6.45) is 3.31. The first-order valence-electron chi connectivity index (χ1n) is 4.97. The van der Waals surface area contributed by atoms with Crippen LogP contribution in [-0.2, 0) is 0 Å². The number of alkyl halides is 1. The molecule has 4 nitrogen and oxygen atoms in total. The molecular formula is C11H12BrN3O. The van der Waals surface area contributed by atoms with Gasteiger partial charge in [-0.3, -0.25) is 0 Å². The van der Waals surface area contributed by atoms with Crippen LogP contribution >= 0.6 is 15.9 Å². The van der Waals surface area contributed by atoms with Gasteiger partial charge in [0, 0.05) is 5.33 Å². The average Bonchev–Trinajstić information content (AvgIpc) is 2.81. The van der Waals surface area contributed by atoms with Crippen molar-refractivity contribution in [2.45, 2.75) is 6.92 Å².